The minimum atomic E-state index is 0.306. The molecule has 1 heterocycles. The van der Waals surface area contributed by atoms with E-state index in [-0.39, 0.29) is 0 Å². The van der Waals surface area contributed by atoms with Crippen LogP contribution in [0.25, 0.3) is 0 Å². The molecule has 3 aromatic carbocycles. The van der Waals surface area contributed by atoms with E-state index < -0.39 is 0 Å². The topological polar surface area (TPSA) is 7.68 Å². The molecule has 162 valence electrons. The van der Waals surface area contributed by atoms with Gasteiger partial charge in [-0.25, -0.2) is 0 Å². The van der Waals surface area contributed by atoms with E-state index in [9.17, 15) is 0 Å². The van der Waals surface area contributed by atoms with Gasteiger partial charge in [-0.2, -0.15) is 0 Å². The fourth-order valence-electron chi connectivity index (χ4n) is 4.00. The van der Waals surface area contributed by atoms with Gasteiger partial charge in [-0.1, -0.05) is 64.2 Å². The lowest BCUT2D eigenvalue weighted by atomic mass is 10.1. The van der Waals surface area contributed by atoms with Gasteiger partial charge >= 0.3 is 0 Å². The largest absolute Gasteiger partial charge is 0.360 e. The van der Waals surface area contributed by atoms with E-state index in [1.807, 2.05) is 42.5 Å². The highest BCUT2D eigenvalue weighted by Crippen LogP contribution is 2.39. The van der Waals surface area contributed by atoms with E-state index in [2.05, 4.69) is 30.0 Å². The van der Waals surface area contributed by atoms with Crippen LogP contribution in [-0.4, -0.2) is 26.2 Å². The highest BCUT2D eigenvalue weighted by Gasteiger charge is 2.28. The molecule has 7 heteroatoms. The smallest absolute Gasteiger partial charge is 0.111 e. The van der Waals surface area contributed by atoms with Crippen LogP contribution in [0.15, 0.2) is 70.5 Å². The number of rotatable bonds is 5. The molecule has 2 nitrogen and oxygen atoms in total. The number of nitrogens with one attached hydrogen (secondary N) is 1. The van der Waals surface area contributed by atoms with E-state index in [1.165, 1.54) is 11.3 Å². The lowest BCUT2D eigenvalue weighted by Crippen LogP contribution is -3.14. The molecular formula is C24H23Cl4N2S+. The van der Waals surface area contributed by atoms with Crippen molar-refractivity contribution in [3.8, 4) is 0 Å². The number of halogens is 4. The van der Waals surface area contributed by atoms with Crippen LogP contribution in [0, 0.1) is 0 Å². The molecule has 31 heavy (non-hydrogen) atoms. The maximum atomic E-state index is 6.42. The van der Waals surface area contributed by atoms with Gasteiger partial charge in [0.15, 0.2) is 0 Å². The summed E-state index contributed by atoms with van der Waals surface area (Å²) in [6, 6.07) is 20.1. The molecule has 0 spiro atoms. The Morgan fingerprint density at radius 2 is 1.48 bits per heavy atom. The highest BCUT2D eigenvalue weighted by atomic mass is 35.5. The third-order valence-electron chi connectivity index (χ3n) is 5.74. The van der Waals surface area contributed by atoms with Crippen molar-refractivity contribution < 1.29 is 4.90 Å². The number of piperazine rings is 1. The summed E-state index contributed by atoms with van der Waals surface area (Å²) < 4.78 is 0. The van der Waals surface area contributed by atoms with Crippen molar-refractivity contribution in [3.63, 3.8) is 0 Å². The first-order chi connectivity index (χ1) is 14.9. The number of nitrogens with zero attached hydrogens (tertiary/aromatic N) is 1. The van der Waals surface area contributed by atoms with Crippen LogP contribution in [0.2, 0.25) is 20.1 Å². The van der Waals surface area contributed by atoms with Gasteiger partial charge in [-0.3, -0.25) is 0 Å². The molecule has 0 radical (unpaired) electrons. The molecule has 0 unspecified atom stereocenters. The van der Waals surface area contributed by atoms with Gasteiger partial charge in [0, 0.05) is 36.1 Å². The summed E-state index contributed by atoms with van der Waals surface area (Å²) in [5.74, 6) is 0. The Morgan fingerprint density at radius 1 is 0.806 bits per heavy atom. The molecule has 1 aliphatic rings. The van der Waals surface area contributed by atoms with E-state index in [1.54, 1.807) is 16.7 Å². The van der Waals surface area contributed by atoms with Crippen molar-refractivity contribution in [3.05, 3.63) is 86.3 Å². The van der Waals surface area contributed by atoms with Crippen molar-refractivity contribution in [1.82, 2.24) is 0 Å². The fraction of sp³-hybridized carbons (Fsp3) is 0.250. The summed E-state index contributed by atoms with van der Waals surface area (Å²) in [4.78, 5) is 6.05. The van der Waals surface area contributed by atoms with Crippen LogP contribution in [0.4, 0.5) is 5.69 Å². The Bertz CT molecular complexity index is 1070. The summed E-state index contributed by atoms with van der Waals surface area (Å²) in [5.41, 5.74) is 2.42. The number of hydrogen-bond acceptors (Lipinski definition) is 2. The molecule has 0 aliphatic carbocycles. The van der Waals surface area contributed by atoms with Crippen molar-refractivity contribution in [1.29, 1.82) is 0 Å². The van der Waals surface area contributed by atoms with Crippen LogP contribution < -0.4 is 9.80 Å². The second-order valence-electron chi connectivity index (χ2n) is 7.71. The predicted molar refractivity (Wildman–Crippen MR) is 135 cm³/mol. The summed E-state index contributed by atoms with van der Waals surface area (Å²) >= 11 is 26.8. The molecule has 0 bridgehead atoms. The summed E-state index contributed by atoms with van der Waals surface area (Å²) in [5, 5.41) is 2.91. The maximum absolute atomic E-state index is 6.42. The van der Waals surface area contributed by atoms with Gasteiger partial charge in [0.05, 0.1) is 31.2 Å². The monoisotopic (exact) mass is 511 g/mol. The molecule has 1 fully saturated rings. The Hall–Kier alpha value is -1.07. The number of hydrogen-bond donors (Lipinski definition) is 1. The molecule has 0 amide bonds. The van der Waals surface area contributed by atoms with E-state index >= 15 is 0 Å². The highest BCUT2D eigenvalue weighted by molar-refractivity contribution is 7.99. The SMILES string of the molecule is C[C@@H](c1cc(Cl)ccc1Sc1cc(Cl)ccc1Cl)[NH+]1CCN(c2cccc(Cl)c2)CC1. The van der Waals surface area contributed by atoms with Gasteiger partial charge < -0.3 is 9.80 Å². The molecule has 1 saturated heterocycles. The van der Waals surface area contributed by atoms with Crippen LogP contribution in [-0.2, 0) is 0 Å². The predicted octanol–water partition coefficient (Wildman–Crippen LogP) is 6.92. The van der Waals surface area contributed by atoms with Crippen LogP contribution in [0.5, 0.6) is 0 Å². The van der Waals surface area contributed by atoms with E-state index in [0.29, 0.717) is 16.1 Å². The van der Waals surface area contributed by atoms with Gasteiger partial charge in [-0.15, -0.1) is 0 Å². The first kappa shape index (κ1) is 23.1. The van der Waals surface area contributed by atoms with Gasteiger partial charge in [0.2, 0.25) is 0 Å². The number of quaternary nitrogens is 1. The minimum absolute atomic E-state index is 0.306. The number of anilines is 1. The molecule has 0 aromatic heterocycles. The maximum Gasteiger partial charge on any atom is 0.111 e. The average molecular weight is 513 g/mol. The van der Waals surface area contributed by atoms with Gasteiger partial charge in [0.1, 0.15) is 6.04 Å². The van der Waals surface area contributed by atoms with E-state index in [0.717, 1.165) is 46.0 Å². The van der Waals surface area contributed by atoms with Crippen molar-refractivity contribution >= 4 is 63.9 Å². The third-order valence-corrected chi connectivity index (χ3v) is 8.04. The first-order valence-corrected chi connectivity index (χ1v) is 12.5. The average Bonchev–Trinajstić information content (AvgIpc) is 2.77. The van der Waals surface area contributed by atoms with Crippen LogP contribution in [0.1, 0.15) is 18.5 Å². The summed E-state index contributed by atoms with van der Waals surface area (Å²) in [7, 11) is 0. The van der Waals surface area contributed by atoms with Crippen LogP contribution in [0.3, 0.4) is 0 Å². The molecule has 4 rings (SSSR count). The molecule has 1 N–H and O–H groups in total. The Morgan fingerprint density at radius 3 is 2.23 bits per heavy atom. The molecule has 0 saturated carbocycles. The Balaban J connectivity index is 1.51. The second kappa shape index (κ2) is 10.2. The lowest BCUT2D eigenvalue weighted by molar-refractivity contribution is -0.930. The van der Waals surface area contributed by atoms with Gasteiger partial charge in [-0.05, 0) is 61.5 Å². The fourth-order valence-corrected chi connectivity index (χ4v) is 5.92. The Labute approximate surface area is 208 Å². The molecule has 1 aliphatic heterocycles. The summed E-state index contributed by atoms with van der Waals surface area (Å²) in [6.45, 7) is 6.34. The zero-order chi connectivity index (χ0) is 22.0. The van der Waals surface area contributed by atoms with E-state index in [4.69, 9.17) is 46.4 Å². The third kappa shape index (κ3) is 5.65. The zero-order valence-corrected chi connectivity index (χ0v) is 20.9. The lowest BCUT2D eigenvalue weighted by Gasteiger charge is -2.37. The van der Waals surface area contributed by atoms with Gasteiger partial charge in [0.25, 0.3) is 0 Å². The second-order valence-corrected chi connectivity index (χ2v) is 10.5. The van der Waals surface area contributed by atoms with Crippen molar-refractivity contribution in [2.75, 3.05) is 31.1 Å². The molecule has 1 atom stereocenters. The van der Waals surface area contributed by atoms with Crippen molar-refractivity contribution in [2.24, 2.45) is 0 Å². The normalized spacial score (nSPS) is 15.8. The molecular weight excluding hydrogens is 490 g/mol. The molecule has 3 aromatic rings. The summed E-state index contributed by atoms with van der Waals surface area (Å²) in [6.07, 6.45) is 0. The quantitative estimate of drug-likeness (QED) is 0.396. The number of benzene rings is 3. The van der Waals surface area contributed by atoms with Crippen LogP contribution >= 0.6 is 58.2 Å². The Kier molecular flexibility index (Phi) is 7.64. The minimum Gasteiger partial charge on any atom is -0.360 e. The zero-order valence-electron chi connectivity index (χ0n) is 17.0. The van der Waals surface area contributed by atoms with Crippen molar-refractivity contribution in [2.45, 2.75) is 22.8 Å². The first-order valence-electron chi connectivity index (χ1n) is 10.2. The standard InChI is InChI=1S/C24H22Cl4N2S/c1-16(29-9-11-30(12-10-29)20-4-2-3-17(25)13-20)21-14-18(26)6-8-23(21)31-24-15-19(27)5-7-22(24)28/h2-8,13-16H,9-12H2,1H3/p+1/t16-/m0/s1.